The van der Waals surface area contributed by atoms with Gasteiger partial charge in [0.25, 0.3) is 0 Å². The van der Waals surface area contributed by atoms with E-state index in [1.54, 1.807) is 13.8 Å². The van der Waals surface area contributed by atoms with E-state index in [2.05, 4.69) is 20.0 Å². The quantitative estimate of drug-likeness (QED) is 0.123. The van der Waals surface area contributed by atoms with Crippen molar-refractivity contribution >= 4 is 47.4 Å². The number of aliphatic hydroxyl groups excluding tert-OH is 2. The Kier molecular flexibility index (Phi) is 10.2. The number of hydrogen-bond acceptors (Lipinski definition) is 12. The largest absolute Gasteiger partial charge is 0.405 e. The maximum atomic E-state index is 13.7. The smallest absolute Gasteiger partial charge is 0.395 e. The van der Waals surface area contributed by atoms with Crippen LogP contribution in [0.2, 0.25) is 5.15 Å². The number of hydrogen-bond donors (Lipinski definition) is 4. The Morgan fingerprint density at radius 1 is 1.27 bits per heavy atom. The van der Waals surface area contributed by atoms with Crippen LogP contribution in [0, 0.1) is 5.41 Å². The number of aliphatic hydroxyl groups is 3. The van der Waals surface area contributed by atoms with Gasteiger partial charge < -0.3 is 20.1 Å². The van der Waals surface area contributed by atoms with Crippen molar-refractivity contribution in [3.05, 3.63) is 53.7 Å². The average molecular weight is 630 g/mol. The molecule has 5 atom stereocenters. The Balaban J connectivity index is 1.44. The molecule has 1 aliphatic rings. The average Bonchev–Trinajstić information content (AvgIpc) is 3.48. The van der Waals surface area contributed by atoms with E-state index in [-0.39, 0.29) is 35.8 Å². The van der Waals surface area contributed by atoms with E-state index in [0.29, 0.717) is 11.2 Å². The fraction of sp³-hybridized carbons (Fsp3) is 0.520. The third kappa shape index (κ3) is 7.34. The van der Waals surface area contributed by atoms with Crippen LogP contribution in [0.15, 0.2) is 43.0 Å². The maximum absolute atomic E-state index is 13.7. The topological polar surface area (TPSA) is 178 Å². The summed E-state index contributed by atoms with van der Waals surface area (Å²) in [6, 6.07) is 9.18. The molecule has 4 N–H and O–H groups in total. The second-order valence-electron chi connectivity index (χ2n) is 10.3. The highest BCUT2D eigenvalue weighted by Crippen LogP contribution is 2.47. The van der Waals surface area contributed by atoms with Crippen LogP contribution in [0.1, 0.15) is 32.6 Å². The Morgan fingerprint density at radius 3 is 2.71 bits per heavy atom. The summed E-state index contributed by atoms with van der Waals surface area (Å²) < 4.78 is 32.4. The third-order valence-corrected chi connectivity index (χ3v) is 9.59. The standard InChI is InChI=1S/C25H33ClN5O8PS/c1-24(2,13-32)23(34)41-10-9-37-40(36,30-11-16-7-5-4-6-8-16)38-12-17-19(33)25(3,35)22(39-17)31-15-29-18-20(26)27-14-28-21(18)31/h4-8,14-15,17,19,22,32-33,35H,9-13H2,1-3H3,(H,30,36)/t17-,19+,22-,25?,40?/m1/s1. The number of thioether (sulfide) groups is 1. The van der Waals surface area contributed by atoms with E-state index in [1.165, 1.54) is 24.1 Å². The zero-order chi connectivity index (χ0) is 29.8. The van der Waals surface area contributed by atoms with E-state index < -0.39 is 43.8 Å². The van der Waals surface area contributed by atoms with Gasteiger partial charge in [0.15, 0.2) is 22.1 Å². The lowest BCUT2D eigenvalue weighted by Crippen LogP contribution is -2.44. The normalized spacial score (nSPS) is 24.5. The molecule has 0 amide bonds. The lowest BCUT2D eigenvalue weighted by atomic mass is 9.96. The van der Waals surface area contributed by atoms with E-state index >= 15 is 0 Å². The maximum Gasteiger partial charge on any atom is 0.405 e. The number of benzene rings is 1. The van der Waals surface area contributed by atoms with Crippen LogP contribution in [-0.4, -0.2) is 83.3 Å². The Morgan fingerprint density at radius 2 is 2.00 bits per heavy atom. The second kappa shape index (κ2) is 13.1. The molecule has 0 saturated carbocycles. The third-order valence-electron chi connectivity index (χ3n) is 6.58. The number of imidazole rings is 1. The van der Waals surface area contributed by atoms with Gasteiger partial charge in [-0.25, -0.2) is 24.6 Å². The van der Waals surface area contributed by atoms with Gasteiger partial charge in [0.2, 0.25) is 0 Å². The lowest BCUT2D eigenvalue weighted by molar-refractivity contribution is -0.119. The van der Waals surface area contributed by atoms with Crippen LogP contribution < -0.4 is 5.09 Å². The molecule has 2 aromatic heterocycles. The molecule has 0 bridgehead atoms. The minimum absolute atomic E-state index is 0.104. The fourth-order valence-electron chi connectivity index (χ4n) is 4.01. The molecule has 1 saturated heterocycles. The molecular formula is C25H33ClN5O8PS. The van der Waals surface area contributed by atoms with E-state index in [0.717, 1.165) is 17.3 Å². The number of fused-ring (bicyclic) bond motifs is 1. The summed E-state index contributed by atoms with van der Waals surface area (Å²) in [4.78, 5) is 24.5. The number of aromatic nitrogens is 4. The zero-order valence-electron chi connectivity index (χ0n) is 22.7. The summed E-state index contributed by atoms with van der Waals surface area (Å²) in [7, 11) is -3.99. The van der Waals surface area contributed by atoms with Crippen molar-refractivity contribution < 1.29 is 38.5 Å². The number of nitrogens with one attached hydrogen (secondary N) is 1. The van der Waals surface area contributed by atoms with Crippen molar-refractivity contribution in [1.82, 2.24) is 24.6 Å². The van der Waals surface area contributed by atoms with Crippen molar-refractivity contribution in [3.8, 4) is 0 Å². The van der Waals surface area contributed by atoms with Crippen LogP contribution in [0.4, 0.5) is 0 Å². The van der Waals surface area contributed by atoms with E-state index in [4.69, 9.17) is 25.4 Å². The van der Waals surface area contributed by atoms with Crippen molar-refractivity contribution in [2.75, 3.05) is 25.6 Å². The molecule has 1 aliphatic heterocycles. The first-order valence-electron chi connectivity index (χ1n) is 12.7. The summed E-state index contributed by atoms with van der Waals surface area (Å²) >= 11 is 7.05. The summed E-state index contributed by atoms with van der Waals surface area (Å²) in [5.74, 6) is 0.167. The van der Waals surface area contributed by atoms with Gasteiger partial charge in [-0.15, -0.1) is 0 Å². The van der Waals surface area contributed by atoms with Crippen molar-refractivity contribution in [3.63, 3.8) is 0 Å². The summed E-state index contributed by atoms with van der Waals surface area (Å²) in [6.45, 7) is 3.99. The molecule has 16 heteroatoms. The zero-order valence-corrected chi connectivity index (χ0v) is 25.2. The monoisotopic (exact) mass is 629 g/mol. The molecule has 1 fully saturated rings. The second-order valence-corrected chi connectivity index (χ2v) is 13.6. The number of carbonyl (C=O) groups excluding carboxylic acids is 1. The molecule has 224 valence electrons. The lowest BCUT2D eigenvalue weighted by Gasteiger charge is -2.27. The predicted octanol–water partition coefficient (Wildman–Crippen LogP) is 2.70. The van der Waals surface area contributed by atoms with Gasteiger partial charge in [-0.3, -0.25) is 18.4 Å². The van der Waals surface area contributed by atoms with Crippen LogP contribution in [-0.2, 0) is 29.7 Å². The SMILES string of the molecule is CC(C)(CO)C(=O)SCCOP(=O)(NCc1ccccc1)OC[C@H]1O[C@@H](n2cnc3c(Cl)ncnc32)C(C)(O)[C@H]1O. The Bertz CT molecular complexity index is 1390. The van der Waals surface area contributed by atoms with Gasteiger partial charge in [-0.05, 0) is 26.3 Å². The molecule has 0 radical (unpaired) electrons. The molecule has 4 rings (SSSR count). The number of halogens is 1. The number of ether oxygens (including phenoxy) is 1. The van der Waals surface area contributed by atoms with Gasteiger partial charge in [0, 0.05) is 12.3 Å². The van der Waals surface area contributed by atoms with E-state index in [1.807, 2.05) is 30.3 Å². The molecule has 2 unspecified atom stereocenters. The van der Waals surface area contributed by atoms with E-state index in [9.17, 15) is 24.7 Å². The van der Waals surface area contributed by atoms with Gasteiger partial charge >= 0.3 is 7.75 Å². The molecule has 13 nitrogen and oxygen atoms in total. The fourth-order valence-corrected chi connectivity index (χ4v) is 6.42. The van der Waals surface area contributed by atoms with Crippen LogP contribution in [0.3, 0.4) is 0 Å². The van der Waals surface area contributed by atoms with Crippen molar-refractivity contribution in [2.45, 2.75) is 51.4 Å². The van der Waals surface area contributed by atoms with Crippen molar-refractivity contribution in [1.29, 1.82) is 0 Å². The molecule has 0 aliphatic carbocycles. The molecule has 3 aromatic rings. The van der Waals surface area contributed by atoms with Gasteiger partial charge in [0.05, 0.1) is 31.6 Å². The first kappa shape index (κ1) is 32.0. The highest BCUT2D eigenvalue weighted by molar-refractivity contribution is 8.13. The number of nitrogens with zero attached hydrogens (tertiary/aromatic N) is 4. The Hall–Kier alpha value is -1.97. The summed E-state index contributed by atoms with van der Waals surface area (Å²) in [6.07, 6.45) is -1.07. The highest BCUT2D eigenvalue weighted by atomic mass is 35.5. The number of rotatable bonds is 13. The number of carbonyl (C=O) groups is 1. The Labute approximate surface area is 246 Å². The first-order chi connectivity index (χ1) is 19.4. The van der Waals surface area contributed by atoms with Crippen LogP contribution in [0.5, 0.6) is 0 Å². The van der Waals surface area contributed by atoms with Gasteiger partial charge in [-0.2, -0.15) is 0 Å². The minimum atomic E-state index is -3.99. The summed E-state index contributed by atoms with van der Waals surface area (Å²) in [5, 5.41) is 34.2. The molecule has 1 aromatic carbocycles. The van der Waals surface area contributed by atoms with Crippen LogP contribution in [0.25, 0.3) is 11.2 Å². The van der Waals surface area contributed by atoms with Crippen molar-refractivity contribution in [2.24, 2.45) is 5.41 Å². The predicted molar refractivity (Wildman–Crippen MR) is 152 cm³/mol. The molecule has 3 heterocycles. The van der Waals surface area contributed by atoms with Gasteiger partial charge in [0.1, 0.15) is 29.7 Å². The van der Waals surface area contributed by atoms with Gasteiger partial charge in [-0.1, -0.05) is 53.7 Å². The van der Waals surface area contributed by atoms with Crippen LogP contribution >= 0.6 is 31.1 Å². The summed E-state index contributed by atoms with van der Waals surface area (Å²) in [5.41, 5.74) is -1.32. The first-order valence-corrected chi connectivity index (χ1v) is 15.6. The molecule has 41 heavy (non-hydrogen) atoms. The highest BCUT2D eigenvalue weighted by Gasteiger charge is 2.54. The molecule has 0 spiro atoms. The molecular weight excluding hydrogens is 597 g/mol. The minimum Gasteiger partial charge on any atom is -0.395 e.